The van der Waals surface area contributed by atoms with Gasteiger partial charge in [-0.25, -0.2) is 4.68 Å². The van der Waals surface area contributed by atoms with E-state index in [-0.39, 0.29) is 6.10 Å². The van der Waals surface area contributed by atoms with Crippen molar-refractivity contribution in [2.24, 2.45) is 0 Å². The Morgan fingerprint density at radius 2 is 2.13 bits per heavy atom. The molecule has 0 saturated carbocycles. The van der Waals surface area contributed by atoms with Gasteiger partial charge in [0.25, 0.3) is 0 Å². The molecule has 1 aromatic heterocycles. The zero-order chi connectivity index (χ0) is 16.2. The van der Waals surface area contributed by atoms with Gasteiger partial charge in [0.15, 0.2) is 10.6 Å². The van der Waals surface area contributed by atoms with Crippen molar-refractivity contribution in [1.29, 1.82) is 0 Å². The normalized spacial score (nSPS) is 18.9. The van der Waals surface area contributed by atoms with Crippen LogP contribution in [0.2, 0.25) is 0 Å². The highest BCUT2D eigenvalue weighted by Gasteiger charge is 2.19. The van der Waals surface area contributed by atoms with Crippen molar-refractivity contribution in [3.63, 3.8) is 0 Å². The molecule has 0 unspecified atom stereocenters. The molecule has 0 radical (unpaired) electrons. The molecule has 23 heavy (non-hydrogen) atoms. The van der Waals surface area contributed by atoms with E-state index >= 15 is 0 Å². The lowest BCUT2D eigenvalue weighted by molar-refractivity contribution is 0.0513. The first-order valence-electron chi connectivity index (χ1n) is 7.93. The van der Waals surface area contributed by atoms with Crippen LogP contribution in [0.4, 0.5) is 0 Å². The van der Waals surface area contributed by atoms with E-state index in [1.54, 1.807) is 0 Å². The minimum atomic E-state index is -0.248. The first-order chi connectivity index (χ1) is 11.2. The molecule has 1 saturated heterocycles. The number of aliphatic hydroxyl groups is 1. The van der Waals surface area contributed by atoms with Gasteiger partial charge in [-0.3, -0.25) is 9.47 Å². The van der Waals surface area contributed by atoms with E-state index in [1.165, 1.54) is 0 Å². The lowest BCUT2D eigenvalue weighted by atomic mass is 10.1. The van der Waals surface area contributed by atoms with Crippen molar-refractivity contribution < 1.29 is 5.11 Å². The molecule has 1 atom stereocenters. The van der Waals surface area contributed by atoms with Crippen molar-refractivity contribution in [3.8, 4) is 11.4 Å². The maximum atomic E-state index is 9.83. The lowest BCUT2D eigenvalue weighted by Gasteiger charge is -2.29. The molecule has 6 heteroatoms. The summed E-state index contributed by atoms with van der Waals surface area (Å²) in [7, 11) is 0. The van der Waals surface area contributed by atoms with Crippen molar-refractivity contribution in [1.82, 2.24) is 19.2 Å². The Balaban J connectivity index is 1.92. The zero-order valence-corrected chi connectivity index (χ0v) is 14.0. The predicted molar refractivity (Wildman–Crippen MR) is 93.5 cm³/mol. The SMILES string of the molecule is C=CCn1c(-c2ccccc2)nn(CN2CCC[C@@H](O)C2)c1=S. The highest BCUT2D eigenvalue weighted by atomic mass is 32.1. The Labute approximate surface area is 141 Å². The number of hydrogen-bond acceptors (Lipinski definition) is 4. The van der Waals surface area contributed by atoms with E-state index in [9.17, 15) is 5.11 Å². The number of likely N-dealkylation sites (tertiary alicyclic amines) is 1. The molecule has 0 spiro atoms. The number of allylic oxidation sites excluding steroid dienone is 1. The van der Waals surface area contributed by atoms with Crippen LogP contribution >= 0.6 is 12.2 Å². The van der Waals surface area contributed by atoms with E-state index in [1.807, 2.05) is 45.7 Å². The Hall–Kier alpha value is -1.76. The Morgan fingerprint density at radius 3 is 2.83 bits per heavy atom. The molecule has 1 aliphatic rings. The quantitative estimate of drug-likeness (QED) is 0.676. The molecule has 2 aromatic rings. The molecular formula is C17H22N4OS. The second-order valence-corrected chi connectivity index (χ2v) is 6.25. The number of β-amino-alcohol motifs (C(OH)–C–C–N with tert-alkyl or cyclic N) is 1. The van der Waals surface area contributed by atoms with Gasteiger partial charge in [-0.05, 0) is 25.1 Å². The van der Waals surface area contributed by atoms with Crippen LogP contribution in [0.25, 0.3) is 11.4 Å². The summed E-state index contributed by atoms with van der Waals surface area (Å²) in [6.45, 7) is 6.70. The predicted octanol–water partition coefficient (Wildman–Crippen LogP) is 2.68. The molecule has 122 valence electrons. The van der Waals surface area contributed by atoms with Gasteiger partial charge >= 0.3 is 0 Å². The van der Waals surface area contributed by atoms with Crippen LogP contribution in [-0.4, -0.2) is 43.5 Å². The molecule has 1 aromatic carbocycles. The minimum Gasteiger partial charge on any atom is -0.392 e. The smallest absolute Gasteiger partial charge is 0.199 e. The van der Waals surface area contributed by atoms with Crippen LogP contribution in [0.15, 0.2) is 43.0 Å². The number of aliphatic hydroxyl groups excluding tert-OH is 1. The van der Waals surface area contributed by atoms with E-state index in [0.29, 0.717) is 24.5 Å². The maximum absolute atomic E-state index is 9.83. The van der Waals surface area contributed by atoms with E-state index in [4.69, 9.17) is 17.3 Å². The summed E-state index contributed by atoms with van der Waals surface area (Å²) in [5.41, 5.74) is 1.04. The van der Waals surface area contributed by atoms with Crippen LogP contribution in [0, 0.1) is 4.77 Å². The van der Waals surface area contributed by atoms with Gasteiger partial charge in [0.2, 0.25) is 0 Å². The molecule has 0 aliphatic carbocycles. The van der Waals surface area contributed by atoms with Crippen molar-refractivity contribution in [2.45, 2.75) is 32.2 Å². The average Bonchev–Trinajstić information content (AvgIpc) is 2.86. The minimum absolute atomic E-state index is 0.248. The molecular weight excluding hydrogens is 308 g/mol. The topological polar surface area (TPSA) is 46.2 Å². The summed E-state index contributed by atoms with van der Waals surface area (Å²) in [6, 6.07) is 10.0. The highest BCUT2D eigenvalue weighted by molar-refractivity contribution is 7.71. The van der Waals surface area contributed by atoms with Gasteiger partial charge in [-0.2, -0.15) is 5.10 Å². The van der Waals surface area contributed by atoms with Crippen LogP contribution in [0.3, 0.4) is 0 Å². The molecule has 3 rings (SSSR count). The van der Waals surface area contributed by atoms with Crippen LogP contribution < -0.4 is 0 Å². The van der Waals surface area contributed by atoms with Gasteiger partial charge in [0.05, 0.1) is 12.8 Å². The molecule has 1 aliphatic heterocycles. The lowest BCUT2D eigenvalue weighted by Crippen LogP contribution is -2.39. The van der Waals surface area contributed by atoms with Crippen molar-refractivity contribution in [2.75, 3.05) is 13.1 Å². The second-order valence-electron chi connectivity index (χ2n) is 5.89. The maximum Gasteiger partial charge on any atom is 0.199 e. The molecule has 2 heterocycles. The number of hydrogen-bond donors (Lipinski definition) is 1. The summed E-state index contributed by atoms with van der Waals surface area (Å²) < 4.78 is 4.53. The van der Waals surface area contributed by atoms with Gasteiger partial charge in [-0.15, -0.1) is 6.58 Å². The van der Waals surface area contributed by atoms with Gasteiger partial charge in [-0.1, -0.05) is 36.4 Å². The number of rotatable bonds is 5. The van der Waals surface area contributed by atoms with Crippen molar-refractivity contribution in [3.05, 3.63) is 47.8 Å². The zero-order valence-electron chi connectivity index (χ0n) is 13.1. The van der Waals surface area contributed by atoms with Crippen molar-refractivity contribution >= 4 is 12.2 Å². The Bertz CT molecular complexity index is 722. The number of benzene rings is 1. The third-order valence-corrected chi connectivity index (χ3v) is 4.51. The largest absolute Gasteiger partial charge is 0.392 e. The average molecular weight is 330 g/mol. The van der Waals surface area contributed by atoms with Crippen LogP contribution in [0.1, 0.15) is 12.8 Å². The Morgan fingerprint density at radius 1 is 1.35 bits per heavy atom. The fraction of sp³-hybridized carbons (Fsp3) is 0.412. The first kappa shape index (κ1) is 16.1. The van der Waals surface area contributed by atoms with E-state index in [0.717, 1.165) is 30.8 Å². The Kier molecular flexibility index (Phi) is 5.05. The monoisotopic (exact) mass is 330 g/mol. The number of aromatic nitrogens is 3. The van der Waals surface area contributed by atoms with E-state index < -0.39 is 0 Å². The third kappa shape index (κ3) is 3.60. The fourth-order valence-corrected chi connectivity index (χ4v) is 3.24. The second kappa shape index (κ2) is 7.21. The number of piperidine rings is 1. The molecule has 0 bridgehead atoms. The molecule has 1 fully saturated rings. The third-order valence-electron chi connectivity index (χ3n) is 4.08. The van der Waals surface area contributed by atoms with Gasteiger partial charge in [0, 0.05) is 25.2 Å². The summed E-state index contributed by atoms with van der Waals surface area (Å²) in [6.07, 6.45) is 3.47. The fourth-order valence-electron chi connectivity index (χ4n) is 2.98. The van der Waals surface area contributed by atoms with Crippen LogP contribution in [0.5, 0.6) is 0 Å². The standard InChI is InChI=1S/C17H22N4OS/c1-2-10-20-16(14-7-4-3-5-8-14)18-21(17(20)23)13-19-11-6-9-15(22)12-19/h2-5,7-8,15,22H,1,6,9-13H2/t15-/m1/s1. The first-order valence-corrected chi connectivity index (χ1v) is 8.34. The molecule has 1 N–H and O–H groups in total. The summed E-state index contributed by atoms with van der Waals surface area (Å²) in [4.78, 5) is 2.20. The molecule has 0 amide bonds. The number of nitrogens with zero attached hydrogens (tertiary/aromatic N) is 4. The summed E-state index contributed by atoms with van der Waals surface area (Å²) in [5, 5.41) is 14.6. The highest BCUT2D eigenvalue weighted by Crippen LogP contribution is 2.19. The van der Waals surface area contributed by atoms with Crippen LogP contribution in [-0.2, 0) is 13.2 Å². The molecule has 5 nitrogen and oxygen atoms in total. The van der Waals surface area contributed by atoms with Gasteiger partial charge in [0.1, 0.15) is 0 Å². The van der Waals surface area contributed by atoms with E-state index in [2.05, 4.69) is 11.5 Å². The summed E-state index contributed by atoms with van der Waals surface area (Å²) >= 11 is 5.60. The van der Waals surface area contributed by atoms with Gasteiger partial charge < -0.3 is 5.11 Å². The summed E-state index contributed by atoms with van der Waals surface area (Å²) in [5.74, 6) is 0.855.